The minimum absolute atomic E-state index is 0.276. The Bertz CT molecular complexity index is 491. The van der Waals surface area contributed by atoms with Crippen molar-refractivity contribution in [3.05, 3.63) is 23.8 Å². The van der Waals surface area contributed by atoms with E-state index in [2.05, 4.69) is 90.1 Å². The lowest BCUT2D eigenvalue weighted by Gasteiger charge is -2.35. The summed E-state index contributed by atoms with van der Waals surface area (Å²) in [6, 6.07) is 0. The Morgan fingerprint density at radius 3 is 2.16 bits per heavy atom. The Balaban J connectivity index is 4.65. The zero-order chi connectivity index (χ0) is 19.6. The molecule has 3 heteroatoms. The van der Waals surface area contributed by atoms with Crippen molar-refractivity contribution in [2.24, 2.45) is 0 Å². The molecule has 0 N–H and O–H groups in total. The SMILES string of the molecule is CCCCC/C(=C\C#C[Si](C)(C)C)C/C=C\CO[Si](C)(C)C(C)(C)C. The first-order valence-electron chi connectivity index (χ1n) is 9.88. The maximum absolute atomic E-state index is 6.21. The molecule has 0 aromatic carbocycles. The summed E-state index contributed by atoms with van der Waals surface area (Å²) in [4.78, 5) is 0. The largest absolute Gasteiger partial charge is 0.413 e. The minimum atomic E-state index is -1.63. The lowest BCUT2D eigenvalue weighted by molar-refractivity contribution is 0.328. The van der Waals surface area contributed by atoms with Crippen LogP contribution in [0.25, 0.3) is 0 Å². The van der Waals surface area contributed by atoms with Gasteiger partial charge in [-0.2, -0.15) is 0 Å². The molecule has 0 amide bonds. The van der Waals surface area contributed by atoms with E-state index in [-0.39, 0.29) is 5.04 Å². The Kier molecular flexibility index (Phi) is 11.0. The lowest BCUT2D eigenvalue weighted by atomic mass is 10.0. The van der Waals surface area contributed by atoms with Crippen LogP contribution in [0.3, 0.4) is 0 Å². The van der Waals surface area contributed by atoms with Crippen molar-refractivity contribution in [2.75, 3.05) is 6.61 Å². The van der Waals surface area contributed by atoms with Gasteiger partial charge in [0.05, 0.1) is 6.61 Å². The Morgan fingerprint density at radius 2 is 1.64 bits per heavy atom. The molecule has 0 rings (SSSR count). The zero-order valence-electron chi connectivity index (χ0n) is 18.4. The molecule has 0 heterocycles. The second-order valence-electron chi connectivity index (χ2n) is 9.53. The molecule has 0 aliphatic rings. The smallest absolute Gasteiger partial charge is 0.192 e. The van der Waals surface area contributed by atoms with Crippen molar-refractivity contribution in [3.63, 3.8) is 0 Å². The van der Waals surface area contributed by atoms with Gasteiger partial charge < -0.3 is 4.43 Å². The molecule has 0 spiro atoms. The summed E-state index contributed by atoms with van der Waals surface area (Å²) in [6.07, 6.45) is 12.6. The van der Waals surface area contributed by atoms with Crippen LogP contribution >= 0.6 is 0 Å². The third-order valence-corrected chi connectivity index (χ3v) is 10.1. The summed E-state index contributed by atoms with van der Waals surface area (Å²) in [5, 5.41) is 0.276. The lowest BCUT2D eigenvalue weighted by Crippen LogP contribution is -2.40. The van der Waals surface area contributed by atoms with E-state index in [1.54, 1.807) is 0 Å². The Hall–Kier alpha value is -0.566. The van der Waals surface area contributed by atoms with Crippen LogP contribution in [0.5, 0.6) is 0 Å². The normalized spacial score (nSPS) is 13.9. The third-order valence-electron chi connectivity index (χ3n) is 4.72. The van der Waals surface area contributed by atoms with E-state index in [1.807, 2.05) is 0 Å². The van der Waals surface area contributed by atoms with Gasteiger partial charge in [0.25, 0.3) is 0 Å². The predicted octanol–water partition coefficient (Wildman–Crippen LogP) is 7.34. The summed E-state index contributed by atoms with van der Waals surface area (Å²) >= 11 is 0. The van der Waals surface area contributed by atoms with Gasteiger partial charge in [0.15, 0.2) is 8.32 Å². The minimum Gasteiger partial charge on any atom is -0.413 e. The van der Waals surface area contributed by atoms with Gasteiger partial charge in [-0.05, 0) is 43.5 Å². The molecule has 0 bridgehead atoms. The maximum Gasteiger partial charge on any atom is 0.192 e. The van der Waals surface area contributed by atoms with Crippen LogP contribution in [-0.4, -0.2) is 23.0 Å². The molecule has 144 valence electrons. The summed E-state index contributed by atoms with van der Waals surface area (Å²) in [5.41, 5.74) is 4.91. The van der Waals surface area contributed by atoms with Gasteiger partial charge in [-0.3, -0.25) is 0 Å². The van der Waals surface area contributed by atoms with Gasteiger partial charge in [0, 0.05) is 0 Å². The van der Waals surface area contributed by atoms with Gasteiger partial charge in [-0.1, -0.05) is 83.8 Å². The van der Waals surface area contributed by atoms with Crippen molar-refractivity contribution in [2.45, 2.75) is 97.6 Å². The van der Waals surface area contributed by atoms with Gasteiger partial charge in [0.1, 0.15) is 8.07 Å². The Morgan fingerprint density at radius 1 is 1.00 bits per heavy atom. The first-order valence-corrected chi connectivity index (χ1v) is 16.3. The summed E-state index contributed by atoms with van der Waals surface area (Å²) < 4.78 is 6.21. The second-order valence-corrected chi connectivity index (χ2v) is 19.1. The predicted molar refractivity (Wildman–Crippen MR) is 120 cm³/mol. The second kappa shape index (κ2) is 11.2. The van der Waals surface area contributed by atoms with Crippen LogP contribution in [0.4, 0.5) is 0 Å². The molecule has 0 unspecified atom stereocenters. The molecule has 0 radical (unpaired) electrons. The summed E-state index contributed by atoms with van der Waals surface area (Å²) in [7, 11) is -2.92. The Labute approximate surface area is 160 Å². The fourth-order valence-electron chi connectivity index (χ4n) is 1.97. The summed E-state index contributed by atoms with van der Waals surface area (Å²) in [5.74, 6) is 3.33. The van der Waals surface area contributed by atoms with Gasteiger partial charge in [0.2, 0.25) is 0 Å². The fraction of sp³-hybridized carbons (Fsp3) is 0.727. The van der Waals surface area contributed by atoms with Crippen molar-refractivity contribution < 1.29 is 4.43 Å². The van der Waals surface area contributed by atoms with E-state index >= 15 is 0 Å². The van der Waals surface area contributed by atoms with Gasteiger partial charge in [-0.25, -0.2) is 0 Å². The van der Waals surface area contributed by atoms with E-state index in [1.165, 1.54) is 31.3 Å². The monoisotopic (exact) mass is 378 g/mol. The molecule has 0 saturated heterocycles. The highest BCUT2D eigenvalue weighted by atomic mass is 28.4. The van der Waals surface area contributed by atoms with Gasteiger partial charge in [-0.15, -0.1) is 5.54 Å². The number of rotatable bonds is 9. The van der Waals surface area contributed by atoms with Crippen LogP contribution < -0.4 is 0 Å². The molecular formula is C22H42OSi2. The highest BCUT2D eigenvalue weighted by Gasteiger charge is 2.36. The molecule has 0 saturated carbocycles. The molecule has 25 heavy (non-hydrogen) atoms. The van der Waals surface area contributed by atoms with Crippen LogP contribution in [0.1, 0.15) is 59.8 Å². The quantitative estimate of drug-likeness (QED) is 0.176. The average molecular weight is 379 g/mol. The highest BCUT2D eigenvalue weighted by Crippen LogP contribution is 2.36. The van der Waals surface area contributed by atoms with Crippen molar-refractivity contribution in [1.29, 1.82) is 0 Å². The fourth-order valence-corrected chi connectivity index (χ4v) is 3.42. The maximum atomic E-state index is 6.21. The van der Waals surface area contributed by atoms with Crippen molar-refractivity contribution in [1.82, 2.24) is 0 Å². The van der Waals surface area contributed by atoms with Crippen LogP contribution in [-0.2, 0) is 4.43 Å². The number of allylic oxidation sites excluding steroid dienone is 3. The standard InChI is InChI=1S/C22H42OSi2/c1-10-11-12-16-21(18-15-20-24(5,6)7)17-13-14-19-23-25(8,9)22(2,3)4/h13-14,18H,10-12,16-17,19H2,1-9H3/b14-13-,21-18+. The topological polar surface area (TPSA) is 9.23 Å². The zero-order valence-corrected chi connectivity index (χ0v) is 20.4. The number of unbranched alkanes of at least 4 members (excludes halogenated alkanes) is 2. The first kappa shape index (κ1) is 24.4. The first-order chi connectivity index (χ1) is 11.4. The number of hydrogen-bond donors (Lipinski definition) is 0. The molecule has 0 aromatic rings. The van der Waals surface area contributed by atoms with Gasteiger partial charge >= 0.3 is 0 Å². The van der Waals surface area contributed by atoms with E-state index in [0.29, 0.717) is 0 Å². The highest BCUT2D eigenvalue weighted by molar-refractivity contribution is 6.83. The molecule has 0 aliphatic heterocycles. The van der Waals surface area contributed by atoms with Crippen LogP contribution in [0.15, 0.2) is 23.8 Å². The molecule has 0 aromatic heterocycles. The van der Waals surface area contributed by atoms with E-state index < -0.39 is 16.4 Å². The van der Waals surface area contributed by atoms with Crippen LogP contribution in [0, 0.1) is 11.5 Å². The van der Waals surface area contributed by atoms with E-state index in [9.17, 15) is 0 Å². The average Bonchev–Trinajstić information content (AvgIpc) is 2.43. The number of hydrogen-bond acceptors (Lipinski definition) is 1. The summed E-state index contributed by atoms with van der Waals surface area (Å²) in [6.45, 7) is 21.4. The van der Waals surface area contributed by atoms with Crippen LogP contribution in [0.2, 0.25) is 37.8 Å². The molecule has 0 atom stereocenters. The molecule has 1 nitrogen and oxygen atoms in total. The molecule has 0 fully saturated rings. The van der Waals surface area contributed by atoms with Crippen molar-refractivity contribution >= 4 is 16.4 Å². The molecule has 0 aliphatic carbocycles. The van der Waals surface area contributed by atoms with E-state index in [0.717, 1.165) is 13.0 Å². The third kappa shape index (κ3) is 12.4. The van der Waals surface area contributed by atoms with E-state index in [4.69, 9.17) is 4.43 Å². The molecular weight excluding hydrogens is 336 g/mol. The van der Waals surface area contributed by atoms with Crippen molar-refractivity contribution in [3.8, 4) is 11.5 Å².